The van der Waals surface area contributed by atoms with E-state index in [9.17, 15) is 0 Å². The molecular formula is C11H15ClO. The highest BCUT2D eigenvalue weighted by Crippen LogP contribution is 2.09. The van der Waals surface area contributed by atoms with Crippen molar-refractivity contribution in [1.29, 1.82) is 0 Å². The van der Waals surface area contributed by atoms with Crippen molar-refractivity contribution in [3.8, 4) is 0 Å². The van der Waals surface area contributed by atoms with Crippen molar-refractivity contribution in [1.82, 2.24) is 0 Å². The van der Waals surface area contributed by atoms with Crippen LogP contribution < -0.4 is 0 Å². The highest BCUT2D eigenvalue weighted by atomic mass is 35.5. The molecule has 1 aromatic carbocycles. The molecule has 0 radical (unpaired) electrons. The van der Waals surface area contributed by atoms with Crippen molar-refractivity contribution in [3.05, 3.63) is 35.4 Å². The van der Waals surface area contributed by atoms with E-state index in [2.05, 4.69) is 6.92 Å². The summed E-state index contributed by atoms with van der Waals surface area (Å²) in [4.78, 5) is 0. The van der Waals surface area contributed by atoms with Crippen molar-refractivity contribution in [2.24, 2.45) is 0 Å². The molecule has 2 heteroatoms. The Bertz CT molecular complexity index is 217. The molecule has 0 spiro atoms. The molecule has 0 aliphatic carbocycles. The maximum absolute atomic E-state index is 5.54. The number of halogens is 1. The molecule has 1 aliphatic heterocycles. The fourth-order valence-corrected chi connectivity index (χ4v) is 1.30. The summed E-state index contributed by atoms with van der Waals surface area (Å²) in [5.74, 6) is 0. The molecule has 1 heterocycles. The van der Waals surface area contributed by atoms with E-state index in [-0.39, 0.29) is 0 Å². The lowest BCUT2D eigenvalue weighted by Gasteiger charge is -1.94. The largest absolute Gasteiger partial charge is 0.379 e. The number of ether oxygens (including phenoxy) is 1. The lowest BCUT2D eigenvalue weighted by molar-refractivity contribution is 0.125. The second kappa shape index (κ2) is 6.01. The lowest BCUT2D eigenvalue weighted by Crippen LogP contribution is -1.94. The quantitative estimate of drug-likeness (QED) is 0.620. The van der Waals surface area contributed by atoms with Crippen LogP contribution in [0.3, 0.4) is 0 Å². The third kappa shape index (κ3) is 4.91. The highest BCUT2D eigenvalue weighted by molar-refractivity contribution is 6.30. The third-order valence-corrected chi connectivity index (χ3v) is 2.14. The van der Waals surface area contributed by atoms with Crippen molar-refractivity contribution in [2.75, 3.05) is 6.61 Å². The summed E-state index contributed by atoms with van der Waals surface area (Å²) >= 11 is 5.54. The zero-order valence-corrected chi connectivity index (χ0v) is 8.63. The van der Waals surface area contributed by atoms with Crippen molar-refractivity contribution >= 4 is 11.6 Å². The summed E-state index contributed by atoms with van der Waals surface area (Å²) in [6, 6.07) is 9.44. The Balaban J connectivity index is 0.000000132. The molecule has 0 aromatic heterocycles. The molecule has 0 N–H and O–H groups in total. The Kier molecular flexibility index (Phi) is 4.87. The van der Waals surface area contributed by atoms with Crippen molar-refractivity contribution in [3.63, 3.8) is 0 Å². The molecule has 0 saturated carbocycles. The molecule has 1 unspecified atom stereocenters. The van der Waals surface area contributed by atoms with Crippen molar-refractivity contribution in [2.45, 2.75) is 25.9 Å². The van der Waals surface area contributed by atoms with Gasteiger partial charge in [-0.25, -0.2) is 0 Å². The molecule has 1 nitrogen and oxygen atoms in total. The SMILES string of the molecule is CC1CCCO1.Clc1ccccc1. The standard InChI is InChI=1S/C6H5Cl.C5H10O/c7-6-4-2-1-3-5-6;1-5-3-2-4-6-5/h1-5H;5H,2-4H2,1H3. The fraction of sp³-hybridized carbons (Fsp3) is 0.455. The van der Waals surface area contributed by atoms with E-state index >= 15 is 0 Å². The summed E-state index contributed by atoms with van der Waals surface area (Å²) in [6.07, 6.45) is 3.08. The summed E-state index contributed by atoms with van der Waals surface area (Å²) in [5, 5.41) is 0.794. The minimum absolute atomic E-state index is 0.546. The van der Waals surface area contributed by atoms with Crippen LogP contribution in [0.1, 0.15) is 19.8 Å². The molecule has 1 saturated heterocycles. The molecule has 1 aliphatic rings. The molecule has 1 atom stereocenters. The molecular weight excluding hydrogens is 184 g/mol. The van der Waals surface area contributed by atoms with Gasteiger partial charge >= 0.3 is 0 Å². The second-order valence-electron chi connectivity index (χ2n) is 3.12. The monoisotopic (exact) mass is 198 g/mol. The second-order valence-corrected chi connectivity index (χ2v) is 3.56. The number of rotatable bonds is 0. The summed E-state index contributed by atoms with van der Waals surface area (Å²) in [5.41, 5.74) is 0. The Morgan fingerprint density at radius 3 is 2.23 bits per heavy atom. The van der Waals surface area contributed by atoms with E-state index < -0.39 is 0 Å². The Morgan fingerprint density at radius 1 is 1.31 bits per heavy atom. The van der Waals surface area contributed by atoms with Gasteiger partial charge in [0.1, 0.15) is 0 Å². The lowest BCUT2D eigenvalue weighted by atomic mass is 10.3. The molecule has 72 valence electrons. The van der Waals surface area contributed by atoms with E-state index in [1.165, 1.54) is 12.8 Å². The maximum Gasteiger partial charge on any atom is 0.0547 e. The number of hydrogen-bond donors (Lipinski definition) is 0. The smallest absolute Gasteiger partial charge is 0.0547 e. The average Bonchev–Trinajstić information content (AvgIpc) is 2.58. The van der Waals surface area contributed by atoms with Crippen LogP contribution in [-0.4, -0.2) is 12.7 Å². The summed E-state index contributed by atoms with van der Waals surface area (Å²) in [7, 11) is 0. The first-order valence-corrected chi connectivity index (χ1v) is 4.99. The van der Waals surface area contributed by atoms with Gasteiger partial charge in [0.15, 0.2) is 0 Å². The van der Waals surface area contributed by atoms with Crippen LogP contribution in [0.25, 0.3) is 0 Å². The van der Waals surface area contributed by atoms with Crippen LogP contribution in [-0.2, 0) is 4.74 Å². The van der Waals surface area contributed by atoms with Gasteiger partial charge in [0.05, 0.1) is 6.10 Å². The van der Waals surface area contributed by atoms with Gasteiger partial charge < -0.3 is 4.74 Å². The Hall–Kier alpha value is -0.530. The van der Waals surface area contributed by atoms with E-state index in [4.69, 9.17) is 16.3 Å². The first-order chi connectivity index (χ1) is 6.29. The average molecular weight is 199 g/mol. The van der Waals surface area contributed by atoms with Crippen LogP contribution in [0, 0.1) is 0 Å². The Morgan fingerprint density at radius 2 is 2.00 bits per heavy atom. The molecule has 2 rings (SSSR count). The van der Waals surface area contributed by atoms with Gasteiger partial charge in [-0.15, -0.1) is 0 Å². The predicted molar refractivity (Wildman–Crippen MR) is 56.1 cm³/mol. The normalized spacial score (nSPS) is 20.6. The third-order valence-electron chi connectivity index (χ3n) is 1.89. The summed E-state index contributed by atoms with van der Waals surface area (Å²) in [6.45, 7) is 3.11. The first-order valence-electron chi connectivity index (χ1n) is 4.61. The topological polar surface area (TPSA) is 9.23 Å². The zero-order valence-electron chi connectivity index (χ0n) is 7.87. The van der Waals surface area contributed by atoms with E-state index in [0.29, 0.717) is 6.10 Å². The highest BCUT2D eigenvalue weighted by Gasteiger charge is 2.07. The van der Waals surface area contributed by atoms with Crippen LogP contribution >= 0.6 is 11.6 Å². The van der Waals surface area contributed by atoms with Crippen molar-refractivity contribution < 1.29 is 4.74 Å². The molecule has 0 bridgehead atoms. The van der Waals surface area contributed by atoms with Gasteiger partial charge in [-0.2, -0.15) is 0 Å². The van der Waals surface area contributed by atoms with Crippen LogP contribution in [0.5, 0.6) is 0 Å². The maximum atomic E-state index is 5.54. The van der Waals surface area contributed by atoms with Gasteiger partial charge in [0.2, 0.25) is 0 Å². The van der Waals surface area contributed by atoms with E-state index in [0.717, 1.165) is 11.6 Å². The minimum Gasteiger partial charge on any atom is -0.379 e. The van der Waals surface area contributed by atoms with Crippen LogP contribution in [0.15, 0.2) is 30.3 Å². The van der Waals surface area contributed by atoms with Gasteiger partial charge in [0, 0.05) is 11.6 Å². The van der Waals surface area contributed by atoms with Gasteiger partial charge in [-0.1, -0.05) is 29.8 Å². The van der Waals surface area contributed by atoms with E-state index in [1.807, 2.05) is 30.3 Å². The number of benzene rings is 1. The zero-order chi connectivity index (χ0) is 9.52. The van der Waals surface area contributed by atoms with Gasteiger partial charge in [-0.3, -0.25) is 0 Å². The summed E-state index contributed by atoms with van der Waals surface area (Å²) < 4.78 is 5.15. The molecule has 1 aromatic rings. The Labute approximate surface area is 84.7 Å². The van der Waals surface area contributed by atoms with Crippen LogP contribution in [0.2, 0.25) is 5.02 Å². The van der Waals surface area contributed by atoms with Gasteiger partial charge in [0.25, 0.3) is 0 Å². The van der Waals surface area contributed by atoms with Crippen LogP contribution in [0.4, 0.5) is 0 Å². The van der Waals surface area contributed by atoms with E-state index in [1.54, 1.807) is 0 Å². The number of hydrogen-bond acceptors (Lipinski definition) is 1. The molecule has 0 amide bonds. The fourth-order valence-electron chi connectivity index (χ4n) is 1.15. The first kappa shape index (κ1) is 10.6. The predicted octanol–water partition coefficient (Wildman–Crippen LogP) is 3.53. The van der Waals surface area contributed by atoms with Gasteiger partial charge in [-0.05, 0) is 31.9 Å². The molecule has 1 fully saturated rings. The molecule has 13 heavy (non-hydrogen) atoms. The minimum atomic E-state index is 0.546.